The predicted octanol–water partition coefficient (Wildman–Crippen LogP) is 3.78. The number of benzene rings is 2. The number of aryl methyl sites for hydroxylation is 1. The van der Waals surface area contributed by atoms with Crippen LogP contribution < -0.4 is 19.6 Å². The summed E-state index contributed by atoms with van der Waals surface area (Å²) in [7, 11) is 3.11. The Kier molecular flexibility index (Phi) is 7.26. The van der Waals surface area contributed by atoms with E-state index in [-0.39, 0.29) is 5.91 Å². The fraction of sp³-hybridized carbons (Fsp3) is 0.263. The topological polar surface area (TPSA) is 69.2 Å². The molecule has 2 aromatic carbocycles. The minimum Gasteiger partial charge on any atom is -0.496 e. The van der Waals surface area contributed by atoms with E-state index in [1.165, 1.54) is 7.11 Å². The molecule has 2 rings (SSSR count). The quantitative estimate of drug-likeness (QED) is 0.382. The number of methoxy groups -OCH3 is 2. The highest BCUT2D eigenvalue weighted by Crippen LogP contribution is 2.33. The van der Waals surface area contributed by atoms with Crippen molar-refractivity contribution >= 4 is 34.7 Å². The van der Waals surface area contributed by atoms with Crippen LogP contribution in [0.2, 0.25) is 0 Å². The largest absolute Gasteiger partial charge is 0.496 e. The van der Waals surface area contributed by atoms with Gasteiger partial charge in [0.2, 0.25) is 0 Å². The van der Waals surface area contributed by atoms with E-state index in [9.17, 15) is 4.79 Å². The lowest BCUT2D eigenvalue weighted by Gasteiger charge is -2.12. The van der Waals surface area contributed by atoms with Gasteiger partial charge in [0.1, 0.15) is 5.75 Å². The maximum atomic E-state index is 12.3. The van der Waals surface area contributed by atoms with E-state index < -0.39 is 0 Å². The van der Waals surface area contributed by atoms with E-state index in [1.54, 1.807) is 31.5 Å². The Hall–Kier alpha value is -2.29. The molecule has 0 bridgehead atoms. The summed E-state index contributed by atoms with van der Waals surface area (Å²) in [5, 5.41) is 4.03. The van der Waals surface area contributed by atoms with Gasteiger partial charge < -0.3 is 14.2 Å². The van der Waals surface area contributed by atoms with E-state index in [0.29, 0.717) is 29.4 Å². The van der Waals surface area contributed by atoms with Crippen LogP contribution in [0.4, 0.5) is 0 Å². The molecule has 2 aromatic rings. The molecule has 1 amide bonds. The molecule has 138 valence electrons. The zero-order chi connectivity index (χ0) is 19.1. The first kappa shape index (κ1) is 20.0. The molecule has 6 nitrogen and oxygen atoms in total. The fourth-order valence-corrected chi connectivity index (χ4v) is 3.09. The number of carbonyl (C=O) groups is 1. The Morgan fingerprint density at radius 2 is 1.92 bits per heavy atom. The third-order valence-corrected chi connectivity index (χ3v) is 4.32. The lowest BCUT2D eigenvalue weighted by Crippen LogP contribution is -2.18. The number of nitrogens with one attached hydrogen (secondary N) is 1. The van der Waals surface area contributed by atoms with Gasteiger partial charge in [-0.25, -0.2) is 5.43 Å². The van der Waals surface area contributed by atoms with Gasteiger partial charge in [-0.1, -0.05) is 6.07 Å². The van der Waals surface area contributed by atoms with Crippen LogP contribution in [0.3, 0.4) is 0 Å². The average Bonchev–Trinajstić information content (AvgIpc) is 2.63. The monoisotopic (exact) mass is 468 g/mol. The van der Waals surface area contributed by atoms with E-state index >= 15 is 0 Å². The maximum Gasteiger partial charge on any atom is 0.275 e. The van der Waals surface area contributed by atoms with E-state index in [4.69, 9.17) is 14.2 Å². The van der Waals surface area contributed by atoms with Crippen LogP contribution in [0.1, 0.15) is 28.4 Å². The number of hydrogen-bond donors (Lipinski definition) is 1. The van der Waals surface area contributed by atoms with Gasteiger partial charge in [0.15, 0.2) is 11.5 Å². The summed E-state index contributed by atoms with van der Waals surface area (Å²) in [5.41, 5.74) is 4.73. The van der Waals surface area contributed by atoms with Gasteiger partial charge in [0.25, 0.3) is 5.91 Å². The van der Waals surface area contributed by atoms with Gasteiger partial charge in [-0.15, -0.1) is 0 Å². The normalized spacial score (nSPS) is 10.7. The predicted molar refractivity (Wildman–Crippen MR) is 110 cm³/mol. The van der Waals surface area contributed by atoms with Gasteiger partial charge >= 0.3 is 0 Å². The lowest BCUT2D eigenvalue weighted by atomic mass is 10.1. The van der Waals surface area contributed by atoms with Gasteiger partial charge in [-0.2, -0.15) is 5.10 Å². The third-order valence-electron chi connectivity index (χ3n) is 3.52. The van der Waals surface area contributed by atoms with E-state index in [2.05, 4.69) is 33.1 Å². The molecule has 0 aliphatic carbocycles. The first-order valence-electron chi connectivity index (χ1n) is 7.98. The number of amides is 1. The summed E-state index contributed by atoms with van der Waals surface area (Å²) in [6.45, 7) is 4.40. The second kappa shape index (κ2) is 9.42. The summed E-state index contributed by atoms with van der Waals surface area (Å²) in [6, 6.07) is 9.06. The molecular formula is C19H21IN2O4. The number of halogens is 1. The average molecular weight is 468 g/mol. The highest BCUT2D eigenvalue weighted by Gasteiger charge is 2.12. The number of hydrazone groups is 1. The van der Waals surface area contributed by atoms with Crippen molar-refractivity contribution in [2.24, 2.45) is 5.10 Å². The van der Waals surface area contributed by atoms with Crippen molar-refractivity contribution < 1.29 is 19.0 Å². The first-order chi connectivity index (χ1) is 12.5. The SMILES string of the molecule is CCOc1c(I)cc(/C=N\NC(=O)c2ccc(C)cc2OC)cc1OC. The number of ether oxygens (including phenoxy) is 3. The van der Waals surface area contributed by atoms with Crippen molar-refractivity contribution in [1.82, 2.24) is 5.43 Å². The number of hydrogen-bond acceptors (Lipinski definition) is 5. The molecule has 0 spiro atoms. The molecule has 0 atom stereocenters. The Bertz CT molecular complexity index is 821. The highest BCUT2D eigenvalue weighted by atomic mass is 127. The Morgan fingerprint density at radius 1 is 1.19 bits per heavy atom. The van der Waals surface area contributed by atoms with Crippen LogP contribution in [0.5, 0.6) is 17.2 Å². The van der Waals surface area contributed by atoms with Gasteiger partial charge in [0, 0.05) is 0 Å². The van der Waals surface area contributed by atoms with Crippen LogP contribution in [-0.4, -0.2) is 32.9 Å². The molecule has 7 heteroatoms. The summed E-state index contributed by atoms with van der Waals surface area (Å²) in [4.78, 5) is 12.3. The third kappa shape index (κ3) is 4.87. The minimum atomic E-state index is -0.342. The van der Waals surface area contributed by atoms with Crippen LogP contribution in [0, 0.1) is 10.5 Å². The number of nitrogens with zero attached hydrogens (tertiary/aromatic N) is 1. The van der Waals surface area contributed by atoms with Crippen LogP contribution in [-0.2, 0) is 0 Å². The van der Waals surface area contributed by atoms with Crippen molar-refractivity contribution in [3.05, 3.63) is 50.6 Å². The lowest BCUT2D eigenvalue weighted by molar-refractivity contribution is 0.0952. The molecule has 0 saturated heterocycles. The molecule has 0 fully saturated rings. The maximum absolute atomic E-state index is 12.3. The molecule has 0 aliphatic rings. The molecular weight excluding hydrogens is 447 g/mol. The van der Waals surface area contributed by atoms with Crippen LogP contribution in [0.25, 0.3) is 0 Å². The van der Waals surface area contributed by atoms with Crippen molar-refractivity contribution in [1.29, 1.82) is 0 Å². The van der Waals surface area contributed by atoms with Gasteiger partial charge in [0.05, 0.1) is 36.2 Å². The Balaban J connectivity index is 2.15. The second-order valence-corrected chi connectivity index (χ2v) is 6.53. The molecule has 26 heavy (non-hydrogen) atoms. The van der Waals surface area contributed by atoms with Crippen molar-refractivity contribution in [2.45, 2.75) is 13.8 Å². The molecule has 0 unspecified atom stereocenters. The summed E-state index contributed by atoms with van der Waals surface area (Å²) < 4.78 is 17.1. The van der Waals surface area contributed by atoms with Crippen LogP contribution >= 0.6 is 22.6 Å². The van der Waals surface area contributed by atoms with Crippen molar-refractivity contribution in [3.63, 3.8) is 0 Å². The zero-order valence-corrected chi connectivity index (χ0v) is 17.3. The molecule has 0 aliphatic heterocycles. The van der Waals surface area contributed by atoms with Crippen molar-refractivity contribution in [2.75, 3.05) is 20.8 Å². The smallest absolute Gasteiger partial charge is 0.275 e. The molecule has 0 heterocycles. The number of rotatable bonds is 7. The zero-order valence-electron chi connectivity index (χ0n) is 15.1. The second-order valence-electron chi connectivity index (χ2n) is 5.37. The van der Waals surface area contributed by atoms with Gasteiger partial charge in [-0.05, 0) is 71.8 Å². The highest BCUT2D eigenvalue weighted by molar-refractivity contribution is 14.1. The summed E-state index contributed by atoms with van der Waals surface area (Å²) >= 11 is 2.17. The summed E-state index contributed by atoms with van der Waals surface area (Å²) in [6.07, 6.45) is 1.55. The van der Waals surface area contributed by atoms with E-state index in [1.807, 2.05) is 26.0 Å². The minimum absolute atomic E-state index is 0.342. The molecule has 1 N–H and O–H groups in total. The standard InChI is InChI=1S/C19H21IN2O4/c1-5-26-18-15(20)9-13(10-17(18)25-4)11-21-22-19(23)14-7-6-12(2)8-16(14)24-3/h6-11H,5H2,1-4H3,(H,22,23)/b21-11-. The van der Waals surface area contributed by atoms with Gasteiger partial charge in [-0.3, -0.25) is 4.79 Å². The first-order valence-corrected chi connectivity index (χ1v) is 9.06. The molecule has 0 radical (unpaired) electrons. The molecule has 0 aromatic heterocycles. The van der Waals surface area contributed by atoms with E-state index in [0.717, 1.165) is 14.7 Å². The van der Waals surface area contributed by atoms with Crippen molar-refractivity contribution in [3.8, 4) is 17.2 Å². The number of carbonyl (C=O) groups excluding carboxylic acids is 1. The van der Waals surface area contributed by atoms with Crippen LogP contribution in [0.15, 0.2) is 35.4 Å². The Labute approximate surface area is 166 Å². The fourth-order valence-electron chi connectivity index (χ4n) is 2.31. The summed E-state index contributed by atoms with van der Waals surface area (Å²) in [5.74, 6) is 1.48. The Morgan fingerprint density at radius 3 is 2.58 bits per heavy atom. The molecule has 0 saturated carbocycles.